The molecule has 0 bridgehead atoms. The van der Waals surface area contributed by atoms with E-state index in [9.17, 15) is 9.59 Å². The molecule has 3 nitrogen and oxygen atoms in total. The van der Waals surface area contributed by atoms with E-state index >= 15 is 0 Å². The molecule has 1 fully saturated rings. The lowest BCUT2D eigenvalue weighted by atomic mass is 9.71. The van der Waals surface area contributed by atoms with E-state index in [4.69, 9.17) is 0 Å². The van der Waals surface area contributed by atoms with Crippen LogP contribution in [0.1, 0.15) is 40.2 Å². The predicted octanol–water partition coefficient (Wildman–Crippen LogP) is 3.53. The van der Waals surface area contributed by atoms with Crippen LogP contribution in [-0.2, 0) is 16.0 Å². The summed E-state index contributed by atoms with van der Waals surface area (Å²) in [6.45, 7) is 10.7. The minimum atomic E-state index is -0.212. The van der Waals surface area contributed by atoms with Gasteiger partial charge >= 0.3 is 0 Å². The number of nitrogens with zero attached hydrogens (tertiary/aromatic N) is 1. The molecule has 1 aromatic carbocycles. The van der Waals surface area contributed by atoms with Crippen molar-refractivity contribution in [2.45, 2.75) is 41.0 Å². The van der Waals surface area contributed by atoms with Gasteiger partial charge in [-0.05, 0) is 23.3 Å². The summed E-state index contributed by atoms with van der Waals surface area (Å²) < 4.78 is 0. The maximum atomic E-state index is 12.8. The molecule has 1 saturated heterocycles. The average Bonchev–Trinajstić information content (AvgIpc) is 2.69. The Morgan fingerprint density at radius 1 is 1.05 bits per heavy atom. The third-order valence-electron chi connectivity index (χ3n) is 4.56. The first-order valence-electron chi connectivity index (χ1n) is 8.12. The van der Waals surface area contributed by atoms with Gasteiger partial charge in [-0.25, -0.2) is 0 Å². The Morgan fingerprint density at radius 3 is 2.09 bits per heavy atom. The summed E-state index contributed by atoms with van der Waals surface area (Å²) in [5.74, 6) is -0.204. The van der Waals surface area contributed by atoms with Crippen molar-refractivity contribution in [1.82, 2.24) is 4.90 Å². The van der Waals surface area contributed by atoms with E-state index in [2.05, 4.69) is 20.8 Å². The van der Waals surface area contributed by atoms with Crippen LogP contribution < -0.4 is 0 Å². The maximum absolute atomic E-state index is 12.8. The molecule has 2 amide bonds. The number of benzene rings is 1. The molecule has 0 aliphatic carbocycles. The number of imide groups is 1. The number of carbonyl (C=O) groups is 2. The van der Waals surface area contributed by atoms with Crippen molar-refractivity contribution in [3.63, 3.8) is 0 Å². The molecule has 3 heteroatoms. The van der Waals surface area contributed by atoms with Crippen LogP contribution in [0.3, 0.4) is 0 Å². The highest BCUT2D eigenvalue weighted by Gasteiger charge is 2.52. The Bertz CT molecular complexity index is 542. The first-order valence-corrected chi connectivity index (χ1v) is 8.12. The number of carbonyl (C=O) groups excluding carboxylic acids is 2. The molecule has 1 aliphatic rings. The summed E-state index contributed by atoms with van der Waals surface area (Å²) in [6.07, 6.45) is 0.722. The van der Waals surface area contributed by atoms with E-state index in [0.717, 1.165) is 12.0 Å². The second kappa shape index (κ2) is 6.23. The van der Waals surface area contributed by atoms with Gasteiger partial charge in [-0.2, -0.15) is 0 Å². The number of hydrogen-bond donors (Lipinski definition) is 0. The van der Waals surface area contributed by atoms with Gasteiger partial charge in [0.2, 0.25) is 11.8 Å². The molecule has 1 aliphatic heterocycles. The van der Waals surface area contributed by atoms with E-state index in [-0.39, 0.29) is 35.0 Å². The molecular weight excluding hydrogens is 274 g/mol. The van der Waals surface area contributed by atoms with Gasteiger partial charge in [0.05, 0.1) is 11.8 Å². The summed E-state index contributed by atoms with van der Waals surface area (Å²) >= 11 is 0. The Balaban J connectivity index is 2.18. The zero-order valence-electron chi connectivity index (χ0n) is 14.3. The maximum Gasteiger partial charge on any atom is 0.233 e. The molecule has 0 aromatic heterocycles. The van der Waals surface area contributed by atoms with Gasteiger partial charge in [0, 0.05) is 6.54 Å². The van der Waals surface area contributed by atoms with Crippen molar-refractivity contribution < 1.29 is 9.59 Å². The molecule has 1 aromatic rings. The minimum absolute atomic E-state index is 0.00660. The van der Waals surface area contributed by atoms with Crippen LogP contribution in [0.2, 0.25) is 0 Å². The SMILES string of the molecule is CC(C)C1C(=O)N(CCc2ccccc2)C(=O)C1C(C)(C)C. The normalized spacial score (nSPS) is 22.7. The van der Waals surface area contributed by atoms with Crippen LogP contribution in [0.15, 0.2) is 30.3 Å². The fraction of sp³-hybridized carbons (Fsp3) is 0.579. The lowest BCUT2D eigenvalue weighted by Crippen LogP contribution is -2.35. The fourth-order valence-corrected chi connectivity index (χ4v) is 3.44. The largest absolute Gasteiger partial charge is 0.282 e. The van der Waals surface area contributed by atoms with Crippen LogP contribution in [0.4, 0.5) is 0 Å². The van der Waals surface area contributed by atoms with Crippen molar-refractivity contribution in [2.75, 3.05) is 6.54 Å². The van der Waals surface area contributed by atoms with Crippen molar-refractivity contribution in [2.24, 2.45) is 23.2 Å². The molecule has 2 rings (SSSR count). The fourth-order valence-electron chi connectivity index (χ4n) is 3.44. The third-order valence-corrected chi connectivity index (χ3v) is 4.56. The topological polar surface area (TPSA) is 37.4 Å². The molecule has 0 radical (unpaired) electrons. The first-order chi connectivity index (χ1) is 10.2. The number of amides is 2. The van der Waals surface area contributed by atoms with Gasteiger partial charge in [0.25, 0.3) is 0 Å². The molecule has 120 valence electrons. The van der Waals surface area contributed by atoms with Crippen LogP contribution in [0.5, 0.6) is 0 Å². The smallest absolute Gasteiger partial charge is 0.233 e. The van der Waals surface area contributed by atoms with E-state index in [0.29, 0.717) is 6.54 Å². The van der Waals surface area contributed by atoms with Crippen LogP contribution >= 0.6 is 0 Å². The van der Waals surface area contributed by atoms with E-state index in [1.807, 2.05) is 44.2 Å². The van der Waals surface area contributed by atoms with Crippen LogP contribution in [0, 0.1) is 23.2 Å². The zero-order valence-corrected chi connectivity index (χ0v) is 14.3. The standard InChI is InChI=1S/C19H27NO2/c1-13(2)15-16(19(3,4)5)18(22)20(17(15)21)12-11-14-9-7-6-8-10-14/h6-10,13,15-16H,11-12H2,1-5H3. The molecule has 2 unspecified atom stereocenters. The van der Waals surface area contributed by atoms with Gasteiger partial charge in [0.15, 0.2) is 0 Å². The second-order valence-corrected chi connectivity index (χ2v) is 7.68. The highest BCUT2D eigenvalue weighted by atomic mass is 16.2. The average molecular weight is 301 g/mol. The Hall–Kier alpha value is -1.64. The highest BCUT2D eigenvalue weighted by Crippen LogP contribution is 2.42. The number of likely N-dealkylation sites (tertiary alicyclic amines) is 1. The summed E-state index contributed by atoms with van der Waals surface area (Å²) in [5, 5.41) is 0. The Morgan fingerprint density at radius 2 is 1.64 bits per heavy atom. The van der Waals surface area contributed by atoms with Gasteiger partial charge in [-0.3, -0.25) is 14.5 Å². The molecule has 0 saturated carbocycles. The third kappa shape index (κ3) is 3.23. The summed E-state index contributed by atoms with van der Waals surface area (Å²) in [6, 6.07) is 10.0. The van der Waals surface area contributed by atoms with Crippen molar-refractivity contribution in [1.29, 1.82) is 0 Å². The van der Waals surface area contributed by atoms with Crippen LogP contribution in [0.25, 0.3) is 0 Å². The van der Waals surface area contributed by atoms with Crippen molar-refractivity contribution in [3.05, 3.63) is 35.9 Å². The second-order valence-electron chi connectivity index (χ2n) is 7.68. The molecule has 0 N–H and O–H groups in total. The highest BCUT2D eigenvalue weighted by molar-refractivity contribution is 6.05. The quantitative estimate of drug-likeness (QED) is 0.798. The monoisotopic (exact) mass is 301 g/mol. The van der Waals surface area contributed by atoms with Gasteiger partial charge < -0.3 is 0 Å². The van der Waals surface area contributed by atoms with E-state index in [1.54, 1.807) is 0 Å². The molecular formula is C19H27NO2. The summed E-state index contributed by atoms with van der Waals surface area (Å²) in [4.78, 5) is 27.0. The van der Waals surface area contributed by atoms with Crippen molar-refractivity contribution in [3.8, 4) is 0 Å². The first kappa shape index (κ1) is 16.7. The lowest BCUT2D eigenvalue weighted by molar-refractivity contribution is -0.140. The zero-order chi connectivity index (χ0) is 16.5. The van der Waals surface area contributed by atoms with E-state index in [1.165, 1.54) is 4.90 Å². The molecule has 22 heavy (non-hydrogen) atoms. The van der Waals surface area contributed by atoms with E-state index < -0.39 is 0 Å². The lowest BCUT2D eigenvalue weighted by Gasteiger charge is -2.30. The minimum Gasteiger partial charge on any atom is -0.282 e. The summed E-state index contributed by atoms with van der Waals surface area (Å²) in [7, 11) is 0. The van der Waals surface area contributed by atoms with Gasteiger partial charge in [-0.1, -0.05) is 65.0 Å². The predicted molar refractivity (Wildman–Crippen MR) is 88.1 cm³/mol. The van der Waals surface area contributed by atoms with Crippen molar-refractivity contribution >= 4 is 11.8 Å². The van der Waals surface area contributed by atoms with Crippen LogP contribution in [-0.4, -0.2) is 23.3 Å². The molecule has 0 spiro atoms. The number of rotatable bonds is 4. The summed E-state index contributed by atoms with van der Waals surface area (Å²) in [5.41, 5.74) is 0.965. The molecule has 1 heterocycles. The van der Waals surface area contributed by atoms with Gasteiger partial charge in [-0.15, -0.1) is 0 Å². The Kier molecular flexibility index (Phi) is 4.74. The molecule has 2 atom stereocenters. The Labute approximate surface area is 133 Å². The van der Waals surface area contributed by atoms with Gasteiger partial charge in [0.1, 0.15) is 0 Å². The number of hydrogen-bond acceptors (Lipinski definition) is 2.